The lowest BCUT2D eigenvalue weighted by molar-refractivity contribution is -0.884. The quantitative estimate of drug-likeness (QED) is 0.544. The van der Waals surface area contributed by atoms with Crippen LogP contribution in [0.15, 0.2) is 24.3 Å². The van der Waals surface area contributed by atoms with Crippen LogP contribution < -0.4 is 10.3 Å². The van der Waals surface area contributed by atoms with Gasteiger partial charge in [0.05, 0.1) is 33.2 Å². The molecule has 1 aromatic rings. The number of hydrogen-bond acceptors (Lipinski definition) is 3. The number of hydrazine groups is 1. The van der Waals surface area contributed by atoms with E-state index in [0.29, 0.717) is 5.56 Å². The number of quaternary nitrogens is 1. The minimum Gasteiger partial charge on any atom is -0.335 e. The first-order valence-corrected chi connectivity index (χ1v) is 8.27. The van der Waals surface area contributed by atoms with Gasteiger partial charge in [-0.05, 0) is 34.7 Å². The third kappa shape index (κ3) is 5.37. The van der Waals surface area contributed by atoms with E-state index in [0.717, 1.165) is 29.7 Å². The SMILES string of the molecule is C[NH+]1CCN(NC(=O)CCC(=O)c2ccc(I)cc2)CC1. The molecule has 1 aromatic carbocycles. The highest BCUT2D eigenvalue weighted by atomic mass is 127. The molecule has 0 saturated carbocycles. The summed E-state index contributed by atoms with van der Waals surface area (Å²) in [6.45, 7) is 3.79. The summed E-state index contributed by atoms with van der Waals surface area (Å²) in [7, 11) is 2.15. The molecule has 2 N–H and O–H groups in total. The fourth-order valence-electron chi connectivity index (χ4n) is 2.24. The Labute approximate surface area is 138 Å². The lowest BCUT2D eigenvalue weighted by atomic mass is 10.1. The molecule has 1 heterocycles. The molecule has 1 aliphatic heterocycles. The van der Waals surface area contributed by atoms with Crippen molar-refractivity contribution in [1.82, 2.24) is 10.4 Å². The molecule has 0 bridgehead atoms. The zero-order chi connectivity index (χ0) is 15.2. The summed E-state index contributed by atoms with van der Waals surface area (Å²) < 4.78 is 1.10. The number of ketones is 1. The molecule has 1 saturated heterocycles. The van der Waals surface area contributed by atoms with Gasteiger partial charge in [0.2, 0.25) is 5.91 Å². The number of carbonyl (C=O) groups excluding carboxylic acids is 2. The average Bonchev–Trinajstić information content (AvgIpc) is 2.48. The fraction of sp³-hybridized carbons (Fsp3) is 0.467. The first-order valence-electron chi connectivity index (χ1n) is 7.19. The van der Waals surface area contributed by atoms with E-state index in [1.54, 1.807) is 0 Å². The maximum Gasteiger partial charge on any atom is 0.234 e. The highest BCUT2D eigenvalue weighted by Gasteiger charge is 2.18. The number of amides is 1. The monoisotopic (exact) mass is 402 g/mol. The van der Waals surface area contributed by atoms with Crippen LogP contribution in [-0.2, 0) is 4.79 Å². The van der Waals surface area contributed by atoms with Gasteiger partial charge in [0.15, 0.2) is 5.78 Å². The van der Waals surface area contributed by atoms with Crippen molar-refractivity contribution in [2.75, 3.05) is 33.2 Å². The van der Waals surface area contributed by atoms with Gasteiger partial charge in [-0.15, -0.1) is 0 Å². The summed E-state index contributed by atoms with van der Waals surface area (Å²) in [5.74, 6) is -0.0576. The van der Waals surface area contributed by atoms with Gasteiger partial charge in [0, 0.05) is 22.0 Å². The van der Waals surface area contributed by atoms with E-state index in [-0.39, 0.29) is 24.5 Å². The molecular formula is C15H21IN3O2+. The lowest BCUT2D eigenvalue weighted by Gasteiger charge is -2.30. The van der Waals surface area contributed by atoms with E-state index in [4.69, 9.17) is 0 Å². The molecule has 0 aromatic heterocycles. The van der Waals surface area contributed by atoms with Crippen LogP contribution in [0.1, 0.15) is 23.2 Å². The van der Waals surface area contributed by atoms with E-state index in [2.05, 4.69) is 35.1 Å². The van der Waals surface area contributed by atoms with Crippen LogP contribution >= 0.6 is 22.6 Å². The Bertz CT molecular complexity index is 496. The van der Waals surface area contributed by atoms with E-state index >= 15 is 0 Å². The number of rotatable bonds is 5. The summed E-state index contributed by atoms with van der Waals surface area (Å²) in [6.07, 6.45) is 0.495. The zero-order valence-electron chi connectivity index (χ0n) is 12.2. The summed E-state index contributed by atoms with van der Waals surface area (Å²) in [4.78, 5) is 25.3. The van der Waals surface area contributed by atoms with Crippen molar-refractivity contribution in [2.24, 2.45) is 0 Å². The van der Waals surface area contributed by atoms with Crippen LogP contribution in [0.4, 0.5) is 0 Å². The van der Waals surface area contributed by atoms with Crippen LogP contribution in [-0.4, -0.2) is 49.9 Å². The Hall–Kier alpha value is -0.990. The molecule has 6 heteroatoms. The van der Waals surface area contributed by atoms with Gasteiger partial charge in [-0.3, -0.25) is 15.0 Å². The Morgan fingerprint density at radius 1 is 1.19 bits per heavy atom. The summed E-state index contributed by atoms with van der Waals surface area (Å²) in [5, 5.41) is 1.95. The van der Waals surface area contributed by atoms with Crippen molar-refractivity contribution in [1.29, 1.82) is 0 Å². The summed E-state index contributed by atoms with van der Waals surface area (Å²) >= 11 is 2.20. The van der Waals surface area contributed by atoms with Gasteiger partial charge in [-0.1, -0.05) is 12.1 Å². The third-order valence-electron chi connectivity index (χ3n) is 3.65. The number of hydrogen-bond donors (Lipinski definition) is 2. The molecule has 2 rings (SSSR count). The summed E-state index contributed by atoms with van der Waals surface area (Å²) in [6, 6.07) is 7.43. The van der Waals surface area contributed by atoms with Gasteiger partial charge in [-0.2, -0.15) is 0 Å². The van der Waals surface area contributed by atoms with Gasteiger partial charge >= 0.3 is 0 Å². The van der Waals surface area contributed by atoms with Crippen LogP contribution in [0.5, 0.6) is 0 Å². The van der Waals surface area contributed by atoms with Crippen molar-refractivity contribution in [3.8, 4) is 0 Å². The molecule has 5 nitrogen and oxygen atoms in total. The van der Waals surface area contributed by atoms with E-state index in [1.165, 1.54) is 4.90 Å². The topological polar surface area (TPSA) is 53.9 Å². The molecule has 1 fully saturated rings. The van der Waals surface area contributed by atoms with Crippen LogP contribution in [0.25, 0.3) is 0 Å². The molecule has 1 aliphatic rings. The second-order valence-electron chi connectivity index (χ2n) is 5.41. The Kier molecular flexibility index (Phi) is 6.13. The number of benzene rings is 1. The Balaban J connectivity index is 1.73. The van der Waals surface area contributed by atoms with Gasteiger partial charge in [0.1, 0.15) is 0 Å². The van der Waals surface area contributed by atoms with Crippen LogP contribution in [0, 0.1) is 3.57 Å². The van der Waals surface area contributed by atoms with E-state index in [1.807, 2.05) is 29.3 Å². The number of Topliss-reactive ketones (excluding diaryl/α,β-unsaturated/α-hetero) is 1. The standard InChI is InChI=1S/C15H20IN3O2/c1-18-8-10-19(11-9-18)17-15(21)7-6-14(20)12-2-4-13(16)5-3-12/h2-5H,6-11H2,1H3,(H,17,21)/p+1. The maximum absolute atomic E-state index is 12.0. The number of likely N-dealkylation sites (N-methyl/N-ethyl adjacent to an activating group) is 1. The average molecular weight is 402 g/mol. The Morgan fingerprint density at radius 2 is 1.81 bits per heavy atom. The minimum atomic E-state index is -0.0755. The second-order valence-corrected chi connectivity index (χ2v) is 6.65. The number of nitrogens with zero attached hydrogens (tertiary/aromatic N) is 1. The van der Waals surface area contributed by atoms with Crippen molar-refractivity contribution < 1.29 is 14.5 Å². The number of piperazine rings is 1. The summed E-state index contributed by atoms with van der Waals surface area (Å²) in [5.41, 5.74) is 3.56. The third-order valence-corrected chi connectivity index (χ3v) is 4.36. The smallest absolute Gasteiger partial charge is 0.234 e. The van der Waals surface area contributed by atoms with Crippen molar-refractivity contribution in [3.63, 3.8) is 0 Å². The highest BCUT2D eigenvalue weighted by molar-refractivity contribution is 14.1. The largest absolute Gasteiger partial charge is 0.335 e. The zero-order valence-corrected chi connectivity index (χ0v) is 14.4. The highest BCUT2D eigenvalue weighted by Crippen LogP contribution is 2.09. The minimum absolute atomic E-state index is 0.0179. The number of carbonyl (C=O) groups is 2. The molecule has 1 amide bonds. The normalized spacial score (nSPS) is 16.7. The molecule has 0 aliphatic carbocycles. The predicted molar refractivity (Wildman–Crippen MR) is 89.1 cm³/mol. The lowest BCUT2D eigenvalue weighted by Crippen LogP contribution is -3.12. The first kappa shape index (κ1) is 16.4. The molecule has 0 unspecified atom stereocenters. The molecule has 21 heavy (non-hydrogen) atoms. The molecule has 0 radical (unpaired) electrons. The van der Waals surface area contributed by atoms with E-state index in [9.17, 15) is 9.59 Å². The molecule has 114 valence electrons. The van der Waals surface area contributed by atoms with Crippen LogP contribution in [0.3, 0.4) is 0 Å². The van der Waals surface area contributed by atoms with Gasteiger partial charge in [-0.25, -0.2) is 5.01 Å². The molecular weight excluding hydrogens is 381 g/mol. The first-order chi connectivity index (χ1) is 10.0. The predicted octanol–water partition coefficient (Wildman–Crippen LogP) is 0.116. The number of halogens is 1. The molecule has 0 spiro atoms. The van der Waals surface area contributed by atoms with Gasteiger partial charge in [0.25, 0.3) is 0 Å². The van der Waals surface area contributed by atoms with Gasteiger partial charge < -0.3 is 4.90 Å². The van der Waals surface area contributed by atoms with Crippen LogP contribution in [0.2, 0.25) is 0 Å². The van der Waals surface area contributed by atoms with Crippen molar-refractivity contribution in [2.45, 2.75) is 12.8 Å². The van der Waals surface area contributed by atoms with E-state index < -0.39 is 0 Å². The maximum atomic E-state index is 12.0. The second kappa shape index (κ2) is 7.86. The Morgan fingerprint density at radius 3 is 2.43 bits per heavy atom. The molecule has 0 atom stereocenters. The fourth-order valence-corrected chi connectivity index (χ4v) is 2.60. The number of nitrogens with one attached hydrogen (secondary N) is 2. The van der Waals surface area contributed by atoms with Crippen molar-refractivity contribution in [3.05, 3.63) is 33.4 Å². The van der Waals surface area contributed by atoms with Crippen molar-refractivity contribution >= 4 is 34.3 Å².